The number of benzene rings is 1. The summed E-state index contributed by atoms with van der Waals surface area (Å²) in [6, 6.07) is 7.49. The van der Waals surface area contributed by atoms with Crippen LogP contribution in [-0.2, 0) is 6.42 Å². The van der Waals surface area contributed by atoms with Crippen molar-refractivity contribution in [3.63, 3.8) is 0 Å². The predicted octanol–water partition coefficient (Wildman–Crippen LogP) is 2.17. The van der Waals surface area contributed by atoms with Gasteiger partial charge in [-0.25, -0.2) is 0 Å². The molecule has 1 rings (SSSR count). The molecular weight excluding hydrogens is 178 g/mol. The maximum Gasteiger partial charge on any atom is 0.0771 e. The number of halogens is 1. The molecule has 0 bridgehead atoms. The van der Waals surface area contributed by atoms with E-state index in [-0.39, 0.29) is 0 Å². The molecule has 11 heavy (non-hydrogen) atoms. The van der Waals surface area contributed by atoms with Crippen LogP contribution in [0.15, 0.2) is 24.3 Å². The van der Waals surface area contributed by atoms with Gasteiger partial charge in [0.2, 0.25) is 0 Å². The molecule has 0 atom stereocenters. The van der Waals surface area contributed by atoms with Gasteiger partial charge in [0.1, 0.15) is 0 Å². The summed E-state index contributed by atoms with van der Waals surface area (Å²) in [5, 5.41) is 0.733. The van der Waals surface area contributed by atoms with Gasteiger partial charge in [-0.15, -0.1) is 0 Å². The first-order valence-electron chi connectivity index (χ1n) is 3.21. The van der Waals surface area contributed by atoms with Crippen LogP contribution in [0.1, 0.15) is 5.56 Å². The normalized spacial score (nSPS) is 9.55. The highest BCUT2D eigenvalue weighted by Crippen LogP contribution is 2.09. The Morgan fingerprint density at radius 3 is 2.36 bits per heavy atom. The van der Waals surface area contributed by atoms with Gasteiger partial charge in [0.15, 0.2) is 0 Å². The molecule has 3 heteroatoms. The second-order valence-corrected chi connectivity index (χ2v) is 3.23. The van der Waals surface area contributed by atoms with Crippen LogP contribution in [0.25, 0.3) is 0 Å². The van der Waals surface area contributed by atoms with E-state index in [1.54, 1.807) is 0 Å². The third-order valence-electron chi connectivity index (χ3n) is 1.29. The minimum absolute atomic E-state index is 0.507. The Labute approximate surface area is 76.2 Å². The van der Waals surface area contributed by atoms with Gasteiger partial charge in [-0.2, -0.15) is 0 Å². The van der Waals surface area contributed by atoms with E-state index in [9.17, 15) is 0 Å². The fraction of sp³-hybridized carbons (Fsp3) is 0.125. The molecule has 1 aromatic rings. The molecule has 2 N–H and O–H groups in total. The zero-order valence-electron chi connectivity index (χ0n) is 5.88. The summed E-state index contributed by atoms with van der Waals surface area (Å²) >= 11 is 10.4. The van der Waals surface area contributed by atoms with Gasteiger partial charge in [-0.3, -0.25) is 0 Å². The van der Waals surface area contributed by atoms with Crippen molar-refractivity contribution in [3.8, 4) is 0 Å². The summed E-state index contributed by atoms with van der Waals surface area (Å²) in [6.07, 6.45) is 0.645. The quantitative estimate of drug-likeness (QED) is 0.715. The molecule has 0 aliphatic carbocycles. The molecule has 0 unspecified atom stereocenters. The zero-order valence-corrected chi connectivity index (χ0v) is 7.45. The maximum atomic E-state index is 5.68. The van der Waals surface area contributed by atoms with Gasteiger partial charge in [0.25, 0.3) is 0 Å². The number of rotatable bonds is 2. The van der Waals surface area contributed by atoms with Crippen LogP contribution >= 0.6 is 23.8 Å². The Hall–Kier alpha value is -0.600. The second kappa shape index (κ2) is 3.69. The van der Waals surface area contributed by atoms with E-state index < -0.39 is 0 Å². The van der Waals surface area contributed by atoms with Gasteiger partial charge in [0.05, 0.1) is 4.99 Å². The topological polar surface area (TPSA) is 26.0 Å². The third kappa shape index (κ3) is 2.87. The van der Waals surface area contributed by atoms with Crippen LogP contribution in [0.4, 0.5) is 0 Å². The molecule has 1 nitrogen and oxygen atoms in total. The van der Waals surface area contributed by atoms with E-state index in [0.717, 1.165) is 10.6 Å². The fourth-order valence-electron chi connectivity index (χ4n) is 0.803. The first kappa shape index (κ1) is 8.50. The summed E-state index contributed by atoms with van der Waals surface area (Å²) in [6.45, 7) is 0. The van der Waals surface area contributed by atoms with Crippen LogP contribution in [0.5, 0.6) is 0 Å². The largest absolute Gasteiger partial charge is 0.393 e. The molecular formula is C8H8ClNS. The number of hydrogen-bond donors (Lipinski definition) is 1. The molecule has 0 saturated carbocycles. The second-order valence-electron chi connectivity index (χ2n) is 2.27. The molecule has 0 radical (unpaired) electrons. The summed E-state index contributed by atoms with van der Waals surface area (Å²) in [5.41, 5.74) is 6.46. The molecule has 0 fully saturated rings. The van der Waals surface area contributed by atoms with Crippen molar-refractivity contribution in [2.75, 3.05) is 0 Å². The molecule has 0 amide bonds. The van der Waals surface area contributed by atoms with Crippen LogP contribution in [0.2, 0.25) is 5.02 Å². The molecule has 0 saturated heterocycles. The monoisotopic (exact) mass is 185 g/mol. The first-order valence-corrected chi connectivity index (χ1v) is 4.00. The van der Waals surface area contributed by atoms with Gasteiger partial charge < -0.3 is 5.73 Å². The minimum Gasteiger partial charge on any atom is -0.393 e. The molecule has 0 heterocycles. The van der Waals surface area contributed by atoms with E-state index in [0.29, 0.717) is 11.4 Å². The van der Waals surface area contributed by atoms with Crippen LogP contribution in [0, 0.1) is 0 Å². The van der Waals surface area contributed by atoms with Crippen molar-refractivity contribution in [1.29, 1.82) is 0 Å². The highest BCUT2D eigenvalue weighted by atomic mass is 35.5. The lowest BCUT2D eigenvalue weighted by atomic mass is 10.2. The van der Waals surface area contributed by atoms with E-state index in [1.807, 2.05) is 24.3 Å². The molecule has 0 spiro atoms. The lowest BCUT2D eigenvalue weighted by molar-refractivity contribution is 1.33. The van der Waals surface area contributed by atoms with Gasteiger partial charge in [-0.1, -0.05) is 36.0 Å². The Kier molecular flexibility index (Phi) is 2.85. The van der Waals surface area contributed by atoms with Crippen LogP contribution in [0.3, 0.4) is 0 Å². The fourth-order valence-corrected chi connectivity index (χ4v) is 1.10. The lowest BCUT2D eigenvalue weighted by Gasteiger charge is -1.97. The Balaban J connectivity index is 2.74. The van der Waals surface area contributed by atoms with Crippen molar-refractivity contribution in [2.24, 2.45) is 5.73 Å². The average molecular weight is 186 g/mol. The first-order chi connectivity index (χ1) is 5.18. The van der Waals surface area contributed by atoms with Crippen molar-refractivity contribution in [1.82, 2.24) is 0 Å². The Morgan fingerprint density at radius 2 is 1.91 bits per heavy atom. The molecule has 58 valence electrons. The van der Waals surface area contributed by atoms with Crippen LogP contribution in [-0.4, -0.2) is 4.99 Å². The predicted molar refractivity (Wildman–Crippen MR) is 51.9 cm³/mol. The van der Waals surface area contributed by atoms with Gasteiger partial charge in [0, 0.05) is 11.4 Å². The lowest BCUT2D eigenvalue weighted by Crippen LogP contribution is -2.10. The van der Waals surface area contributed by atoms with Crippen molar-refractivity contribution in [2.45, 2.75) is 6.42 Å². The molecule has 0 aliphatic heterocycles. The summed E-state index contributed by atoms with van der Waals surface area (Å²) < 4.78 is 0. The highest BCUT2D eigenvalue weighted by Gasteiger charge is 1.93. The average Bonchev–Trinajstić information content (AvgIpc) is 1.93. The third-order valence-corrected chi connectivity index (χ3v) is 1.69. The number of hydrogen-bond acceptors (Lipinski definition) is 1. The van der Waals surface area contributed by atoms with E-state index in [2.05, 4.69) is 0 Å². The smallest absolute Gasteiger partial charge is 0.0771 e. The SMILES string of the molecule is NC(=S)Cc1ccc(Cl)cc1. The minimum atomic E-state index is 0.507. The van der Waals surface area contributed by atoms with Crippen molar-refractivity contribution >= 4 is 28.8 Å². The van der Waals surface area contributed by atoms with Gasteiger partial charge >= 0.3 is 0 Å². The maximum absolute atomic E-state index is 5.68. The molecule has 0 aromatic heterocycles. The Morgan fingerprint density at radius 1 is 1.36 bits per heavy atom. The van der Waals surface area contributed by atoms with Gasteiger partial charge in [-0.05, 0) is 17.7 Å². The summed E-state index contributed by atoms with van der Waals surface area (Å²) in [4.78, 5) is 0.507. The standard InChI is InChI=1S/C8H8ClNS/c9-7-3-1-6(2-4-7)5-8(10)11/h1-4H,5H2,(H2,10,11). The highest BCUT2D eigenvalue weighted by molar-refractivity contribution is 7.80. The molecule has 1 aromatic carbocycles. The zero-order chi connectivity index (χ0) is 8.27. The number of nitrogens with two attached hydrogens (primary N) is 1. The summed E-state index contributed by atoms with van der Waals surface area (Å²) in [7, 11) is 0. The van der Waals surface area contributed by atoms with Crippen molar-refractivity contribution < 1.29 is 0 Å². The van der Waals surface area contributed by atoms with E-state index in [1.165, 1.54) is 0 Å². The van der Waals surface area contributed by atoms with E-state index >= 15 is 0 Å². The van der Waals surface area contributed by atoms with Crippen molar-refractivity contribution in [3.05, 3.63) is 34.9 Å². The number of thiocarbonyl (C=S) groups is 1. The molecule has 0 aliphatic rings. The van der Waals surface area contributed by atoms with Crippen LogP contribution < -0.4 is 5.73 Å². The summed E-state index contributed by atoms with van der Waals surface area (Å²) in [5.74, 6) is 0. The van der Waals surface area contributed by atoms with E-state index in [4.69, 9.17) is 29.6 Å². The Bertz CT molecular complexity index is 255.